The van der Waals surface area contributed by atoms with E-state index in [9.17, 15) is 4.79 Å². The maximum atomic E-state index is 12.3. The molecule has 1 spiro atoms. The molecule has 22 heavy (non-hydrogen) atoms. The van der Waals surface area contributed by atoms with Crippen LogP contribution in [0, 0.1) is 16.2 Å². The first-order chi connectivity index (χ1) is 9.98. The number of carbonyl (C=O) groups is 1. The number of hydrogen-bond donors (Lipinski definition) is 0. The fourth-order valence-electron chi connectivity index (χ4n) is 3.67. The van der Waals surface area contributed by atoms with Gasteiger partial charge in [-0.15, -0.1) is 0 Å². The lowest BCUT2D eigenvalue weighted by atomic mass is 9.71. The molecule has 0 aromatic heterocycles. The van der Waals surface area contributed by atoms with Gasteiger partial charge in [-0.1, -0.05) is 41.5 Å². The zero-order chi connectivity index (χ0) is 16.6. The Hall–Kier alpha value is -0.570. The molecule has 0 aromatic carbocycles. The van der Waals surface area contributed by atoms with E-state index in [0.717, 1.165) is 13.1 Å². The molecule has 0 aromatic rings. The first kappa shape index (κ1) is 17.8. The molecule has 0 aliphatic carbocycles. The smallest absolute Gasteiger partial charge is 0.223 e. The van der Waals surface area contributed by atoms with Crippen molar-refractivity contribution in [3.05, 3.63) is 0 Å². The third-order valence-corrected chi connectivity index (χ3v) is 5.15. The number of carbonyl (C=O) groups excluding carboxylic acids is 1. The van der Waals surface area contributed by atoms with Gasteiger partial charge in [0.05, 0.1) is 0 Å². The second-order valence-corrected chi connectivity index (χ2v) is 10.1. The van der Waals surface area contributed by atoms with Crippen LogP contribution in [0.3, 0.4) is 0 Å². The Morgan fingerprint density at radius 2 is 1.50 bits per heavy atom. The average molecular weight is 309 g/mol. The highest BCUT2D eigenvalue weighted by Gasteiger charge is 2.45. The summed E-state index contributed by atoms with van der Waals surface area (Å²) in [5.41, 5.74) is 1.06. The Bertz CT molecular complexity index is 387. The maximum Gasteiger partial charge on any atom is 0.223 e. The van der Waals surface area contributed by atoms with Crippen LogP contribution in [0.5, 0.6) is 0 Å². The molecule has 0 N–H and O–H groups in total. The molecule has 0 unspecified atom stereocenters. The first-order valence-corrected chi connectivity index (χ1v) is 8.98. The Labute approximate surface area is 137 Å². The van der Waals surface area contributed by atoms with Crippen molar-refractivity contribution in [1.29, 1.82) is 0 Å². The lowest BCUT2D eigenvalue weighted by Crippen LogP contribution is -2.61. The molecule has 2 saturated heterocycles. The van der Waals surface area contributed by atoms with Crippen LogP contribution in [0.25, 0.3) is 0 Å². The highest BCUT2D eigenvalue weighted by molar-refractivity contribution is 5.76. The molecule has 2 rings (SSSR count). The predicted octanol–water partition coefficient (Wildman–Crippen LogP) is 3.78. The van der Waals surface area contributed by atoms with Gasteiger partial charge in [-0.25, -0.2) is 0 Å². The summed E-state index contributed by atoms with van der Waals surface area (Å²) in [4.78, 5) is 17.0. The Morgan fingerprint density at radius 3 is 1.95 bits per heavy atom. The van der Waals surface area contributed by atoms with E-state index in [2.05, 4.69) is 51.3 Å². The Balaban J connectivity index is 1.71. The molecular formula is C19H36N2O. The van der Waals surface area contributed by atoms with Crippen LogP contribution in [-0.2, 0) is 4.79 Å². The molecule has 0 bridgehead atoms. The number of rotatable bonds is 3. The van der Waals surface area contributed by atoms with Crippen molar-refractivity contribution in [2.24, 2.45) is 16.2 Å². The molecule has 3 nitrogen and oxygen atoms in total. The van der Waals surface area contributed by atoms with E-state index < -0.39 is 0 Å². The summed E-state index contributed by atoms with van der Waals surface area (Å²) in [5, 5.41) is 0. The highest BCUT2D eigenvalue weighted by Crippen LogP contribution is 2.41. The van der Waals surface area contributed by atoms with Gasteiger partial charge in [-0.05, 0) is 42.1 Å². The second-order valence-electron chi connectivity index (χ2n) is 10.1. The van der Waals surface area contributed by atoms with Crippen LogP contribution < -0.4 is 0 Å². The van der Waals surface area contributed by atoms with E-state index in [1.165, 1.54) is 38.9 Å². The van der Waals surface area contributed by atoms with Gasteiger partial charge in [0, 0.05) is 32.6 Å². The summed E-state index contributed by atoms with van der Waals surface area (Å²) < 4.78 is 0. The van der Waals surface area contributed by atoms with Crippen molar-refractivity contribution in [2.45, 2.75) is 67.2 Å². The van der Waals surface area contributed by atoms with Crippen molar-refractivity contribution in [2.75, 3.05) is 32.7 Å². The van der Waals surface area contributed by atoms with Crippen LogP contribution >= 0.6 is 0 Å². The number of piperidine rings is 1. The van der Waals surface area contributed by atoms with Gasteiger partial charge in [-0.2, -0.15) is 0 Å². The topological polar surface area (TPSA) is 23.6 Å². The molecule has 2 aliphatic rings. The average Bonchev–Trinajstić information content (AvgIpc) is 2.31. The van der Waals surface area contributed by atoms with Crippen LogP contribution in [0.2, 0.25) is 0 Å². The van der Waals surface area contributed by atoms with Crippen LogP contribution in [-0.4, -0.2) is 48.4 Å². The third-order valence-electron chi connectivity index (χ3n) is 5.15. The number of likely N-dealkylation sites (tertiary alicyclic amines) is 2. The maximum absolute atomic E-state index is 12.3. The zero-order valence-electron chi connectivity index (χ0n) is 15.7. The van der Waals surface area contributed by atoms with E-state index in [1.54, 1.807) is 0 Å². The Morgan fingerprint density at radius 1 is 0.955 bits per heavy atom. The summed E-state index contributed by atoms with van der Waals surface area (Å²) in [6, 6.07) is 0. The van der Waals surface area contributed by atoms with Crippen LogP contribution in [0.15, 0.2) is 0 Å². The van der Waals surface area contributed by atoms with Crippen molar-refractivity contribution in [1.82, 2.24) is 9.80 Å². The quantitative estimate of drug-likeness (QED) is 0.792. The van der Waals surface area contributed by atoms with E-state index in [4.69, 9.17) is 0 Å². The summed E-state index contributed by atoms with van der Waals surface area (Å²) >= 11 is 0. The van der Waals surface area contributed by atoms with Gasteiger partial charge in [0.25, 0.3) is 0 Å². The monoisotopic (exact) mass is 308 g/mol. The van der Waals surface area contributed by atoms with Crippen molar-refractivity contribution >= 4 is 5.91 Å². The largest absolute Gasteiger partial charge is 0.343 e. The van der Waals surface area contributed by atoms with E-state index in [1.807, 2.05) is 0 Å². The molecule has 128 valence electrons. The molecule has 3 heteroatoms. The first-order valence-electron chi connectivity index (χ1n) is 8.98. The lowest BCUT2D eigenvalue weighted by molar-refractivity contribution is -0.138. The van der Waals surface area contributed by atoms with Crippen molar-refractivity contribution in [3.8, 4) is 0 Å². The van der Waals surface area contributed by atoms with Crippen LogP contribution in [0.4, 0.5) is 0 Å². The van der Waals surface area contributed by atoms with Gasteiger partial charge >= 0.3 is 0 Å². The molecule has 0 atom stereocenters. The van der Waals surface area contributed by atoms with Crippen LogP contribution in [0.1, 0.15) is 67.2 Å². The van der Waals surface area contributed by atoms with Gasteiger partial charge in [0.2, 0.25) is 5.91 Å². The van der Waals surface area contributed by atoms with Gasteiger partial charge < -0.3 is 9.80 Å². The Kier molecular flexibility index (Phi) is 4.97. The summed E-state index contributed by atoms with van der Waals surface area (Å²) in [6.07, 6.45) is 4.36. The molecule has 2 fully saturated rings. The van der Waals surface area contributed by atoms with Gasteiger partial charge in [-0.3, -0.25) is 4.79 Å². The van der Waals surface area contributed by atoms with Gasteiger partial charge in [0.1, 0.15) is 0 Å². The normalized spacial score (nSPS) is 22.7. The van der Waals surface area contributed by atoms with Crippen molar-refractivity contribution in [3.63, 3.8) is 0 Å². The van der Waals surface area contributed by atoms with Crippen molar-refractivity contribution < 1.29 is 4.79 Å². The predicted molar refractivity (Wildman–Crippen MR) is 92.8 cm³/mol. The summed E-state index contributed by atoms with van der Waals surface area (Å²) in [5.74, 6) is 0.353. The standard InChI is InChI=1S/C19H36N2O/c1-17(2,3)7-10-20-14-19(15-20)8-11-21(12-9-19)16(22)13-18(4,5)6/h7-15H2,1-6H3. The van der Waals surface area contributed by atoms with E-state index in [-0.39, 0.29) is 5.41 Å². The number of amides is 1. The minimum atomic E-state index is 0.104. The highest BCUT2D eigenvalue weighted by atomic mass is 16.2. The molecule has 2 aliphatic heterocycles. The molecular weight excluding hydrogens is 272 g/mol. The minimum Gasteiger partial charge on any atom is -0.343 e. The molecule has 0 saturated carbocycles. The van der Waals surface area contributed by atoms with E-state index >= 15 is 0 Å². The van der Waals surface area contributed by atoms with E-state index in [0.29, 0.717) is 23.2 Å². The minimum absolute atomic E-state index is 0.104. The fourth-order valence-corrected chi connectivity index (χ4v) is 3.67. The zero-order valence-corrected chi connectivity index (χ0v) is 15.7. The SMILES string of the molecule is CC(C)(C)CCN1CC2(CCN(C(=O)CC(C)(C)C)CC2)C1. The van der Waals surface area contributed by atoms with Gasteiger partial charge in [0.15, 0.2) is 0 Å². The summed E-state index contributed by atoms with van der Waals surface area (Å²) in [6.45, 7) is 19.1. The number of nitrogens with zero attached hydrogens (tertiary/aromatic N) is 2. The molecule has 0 radical (unpaired) electrons. The molecule has 1 amide bonds. The summed E-state index contributed by atoms with van der Waals surface area (Å²) in [7, 11) is 0. The third kappa shape index (κ3) is 4.97. The molecule has 2 heterocycles. The number of hydrogen-bond acceptors (Lipinski definition) is 2. The lowest BCUT2D eigenvalue weighted by Gasteiger charge is -2.54. The second kappa shape index (κ2) is 6.14. The fraction of sp³-hybridized carbons (Fsp3) is 0.947.